The monoisotopic (exact) mass is 132 g/mol. The zero-order valence-electron chi connectivity index (χ0n) is 7.02. The Hall–Kier alpha value is -0.120. The number of hydrogen-bond acceptors (Lipinski definition) is 2. The van der Waals surface area contributed by atoms with Gasteiger partial charge >= 0.3 is 0 Å². The average molecular weight is 132 g/mol. The Bertz CT molecular complexity index is 74.9. The predicted molar refractivity (Wildman–Crippen MR) is 39.7 cm³/mol. The van der Waals surface area contributed by atoms with Crippen LogP contribution >= 0.6 is 0 Å². The van der Waals surface area contributed by atoms with Gasteiger partial charge in [0.1, 0.15) is 0 Å². The highest BCUT2D eigenvalue weighted by atomic mass is 15.5. The van der Waals surface area contributed by atoms with Gasteiger partial charge in [-0.2, -0.15) is 0 Å². The van der Waals surface area contributed by atoms with Crippen molar-refractivity contribution in [3.8, 4) is 0 Å². The summed E-state index contributed by atoms with van der Waals surface area (Å²) in [7, 11) is 8.32. The Morgan fingerprint density at radius 2 is 1.67 bits per heavy atom. The van der Waals surface area contributed by atoms with Gasteiger partial charge in [-0.05, 0) is 7.05 Å². The molecule has 1 unspecified atom stereocenters. The summed E-state index contributed by atoms with van der Waals surface area (Å²) in [4.78, 5) is 0. The first kappa shape index (κ1) is 8.88. The van der Waals surface area contributed by atoms with E-state index < -0.39 is 0 Å². The summed E-state index contributed by atoms with van der Waals surface area (Å²) in [5, 5.41) is 0. The van der Waals surface area contributed by atoms with E-state index in [9.17, 15) is 0 Å². The molecule has 0 aromatic rings. The van der Waals surface area contributed by atoms with Gasteiger partial charge in [-0.3, -0.25) is 5.43 Å². The third kappa shape index (κ3) is 3.46. The molecule has 3 heteroatoms. The molecule has 0 amide bonds. The molecule has 1 atom stereocenters. The van der Waals surface area contributed by atoms with Gasteiger partial charge in [-0.15, -0.1) is 0 Å². The van der Waals surface area contributed by atoms with Crippen LogP contribution in [0.4, 0.5) is 0 Å². The minimum absolute atomic E-state index is 0.440. The summed E-state index contributed by atoms with van der Waals surface area (Å²) in [5.41, 5.74) is 6.02. The van der Waals surface area contributed by atoms with Gasteiger partial charge in [0.15, 0.2) is 6.17 Å². The Balaban J connectivity index is 3.59. The maximum absolute atomic E-state index is 3.11. The molecule has 0 aromatic heterocycles. The number of quaternary nitrogens is 1. The smallest absolute Gasteiger partial charge is 0.151 e. The fraction of sp³-hybridized carbons (Fsp3) is 1.00. The highest BCUT2D eigenvalue weighted by Crippen LogP contribution is 1.94. The molecule has 56 valence electrons. The highest BCUT2D eigenvalue weighted by Gasteiger charge is 2.15. The number of hydrazine groups is 1. The molecule has 0 aliphatic rings. The van der Waals surface area contributed by atoms with Crippen LogP contribution in [0.3, 0.4) is 0 Å². The topological polar surface area (TPSA) is 24.1 Å². The maximum Gasteiger partial charge on any atom is 0.151 e. The van der Waals surface area contributed by atoms with Gasteiger partial charge < -0.3 is 4.48 Å². The van der Waals surface area contributed by atoms with E-state index >= 15 is 0 Å². The van der Waals surface area contributed by atoms with Crippen molar-refractivity contribution < 1.29 is 4.48 Å². The Labute approximate surface area is 57.6 Å². The molecule has 0 spiro atoms. The van der Waals surface area contributed by atoms with Crippen molar-refractivity contribution in [2.75, 3.05) is 28.2 Å². The lowest BCUT2D eigenvalue weighted by Crippen LogP contribution is -2.54. The van der Waals surface area contributed by atoms with Crippen molar-refractivity contribution in [3.05, 3.63) is 0 Å². The maximum atomic E-state index is 3.11. The van der Waals surface area contributed by atoms with Gasteiger partial charge in [0.05, 0.1) is 21.1 Å². The zero-order chi connectivity index (χ0) is 7.49. The van der Waals surface area contributed by atoms with E-state index in [1.54, 1.807) is 0 Å². The molecule has 0 rings (SSSR count). The van der Waals surface area contributed by atoms with Crippen molar-refractivity contribution in [1.29, 1.82) is 0 Å². The van der Waals surface area contributed by atoms with Crippen LogP contribution < -0.4 is 10.9 Å². The van der Waals surface area contributed by atoms with Crippen LogP contribution in [0.15, 0.2) is 0 Å². The molecular formula is C6H18N3+. The van der Waals surface area contributed by atoms with Gasteiger partial charge in [0.2, 0.25) is 0 Å². The van der Waals surface area contributed by atoms with Crippen LogP contribution in [-0.2, 0) is 0 Å². The zero-order valence-corrected chi connectivity index (χ0v) is 7.02. The predicted octanol–water partition coefficient (Wildman–Crippen LogP) is -0.237. The summed E-state index contributed by atoms with van der Waals surface area (Å²) in [5.74, 6) is 0. The summed E-state index contributed by atoms with van der Waals surface area (Å²) in [6.45, 7) is 2.14. The summed E-state index contributed by atoms with van der Waals surface area (Å²) in [6, 6.07) is 0. The Morgan fingerprint density at radius 1 is 1.22 bits per heavy atom. The summed E-state index contributed by atoms with van der Waals surface area (Å²) < 4.78 is 0.918. The van der Waals surface area contributed by atoms with Crippen LogP contribution in [0.25, 0.3) is 0 Å². The second kappa shape index (κ2) is 3.15. The van der Waals surface area contributed by atoms with Crippen molar-refractivity contribution in [3.63, 3.8) is 0 Å². The number of rotatable bonds is 3. The quantitative estimate of drug-likeness (QED) is 0.315. The van der Waals surface area contributed by atoms with Gasteiger partial charge in [0, 0.05) is 6.92 Å². The molecule has 9 heavy (non-hydrogen) atoms. The standard InChI is InChI=1S/C6H18N3/c1-6(8-7-2)9(3,4)5/h6-8H,1-5H3/q+1. The molecule has 0 saturated carbocycles. The van der Waals surface area contributed by atoms with Gasteiger partial charge in [0.25, 0.3) is 0 Å². The SMILES string of the molecule is CNNC(C)[N+](C)(C)C. The number of nitrogens with one attached hydrogen (secondary N) is 2. The largest absolute Gasteiger partial charge is 0.315 e. The van der Waals surface area contributed by atoms with E-state index in [-0.39, 0.29) is 0 Å². The van der Waals surface area contributed by atoms with E-state index in [1.807, 2.05) is 7.05 Å². The Kier molecular flexibility index (Phi) is 3.11. The molecule has 0 radical (unpaired) electrons. The van der Waals surface area contributed by atoms with Crippen molar-refractivity contribution in [2.45, 2.75) is 13.1 Å². The Morgan fingerprint density at radius 3 is 1.78 bits per heavy atom. The first-order valence-corrected chi connectivity index (χ1v) is 3.22. The lowest BCUT2D eigenvalue weighted by molar-refractivity contribution is -0.897. The van der Waals surface area contributed by atoms with Crippen LogP contribution in [0.2, 0.25) is 0 Å². The van der Waals surface area contributed by atoms with Crippen molar-refractivity contribution in [1.82, 2.24) is 10.9 Å². The fourth-order valence-corrected chi connectivity index (χ4v) is 0.403. The first-order valence-electron chi connectivity index (χ1n) is 3.22. The molecule has 0 aromatic carbocycles. The molecular weight excluding hydrogens is 114 g/mol. The number of hydrogen-bond donors (Lipinski definition) is 2. The van der Waals surface area contributed by atoms with Crippen LogP contribution in [0.5, 0.6) is 0 Å². The third-order valence-corrected chi connectivity index (χ3v) is 1.52. The molecule has 0 bridgehead atoms. The lowest BCUT2D eigenvalue weighted by Gasteiger charge is -2.31. The minimum Gasteiger partial charge on any atom is -0.315 e. The average Bonchev–Trinajstić information content (AvgIpc) is 1.64. The van der Waals surface area contributed by atoms with E-state index in [0.29, 0.717) is 6.17 Å². The normalized spacial score (nSPS) is 15.7. The van der Waals surface area contributed by atoms with Crippen LogP contribution in [-0.4, -0.2) is 38.8 Å². The second-order valence-corrected chi connectivity index (χ2v) is 3.19. The summed E-state index contributed by atoms with van der Waals surface area (Å²) in [6.07, 6.45) is 0.440. The van der Waals surface area contributed by atoms with Crippen LogP contribution in [0.1, 0.15) is 6.92 Å². The molecule has 0 saturated heterocycles. The van der Waals surface area contributed by atoms with Crippen LogP contribution in [0, 0.1) is 0 Å². The van der Waals surface area contributed by atoms with E-state index in [2.05, 4.69) is 38.9 Å². The third-order valence-electron chi connectivity index (χ3n) is 1.52. The first-order chi connectivity index (χ1) is 3.98. The summed E-state index contributed by atoms with van der Waals surface area (Å²) >= 11 is 0. The lowest BCUT2D eigenvalue weighted by atomic mass is 10.5. The minimum atomic E-state index is 0.440. The van der Waals surface area contributed by atoms with Gasteiger partial charge in [-0.1, -0.05) is 0 Å². The van der Waals surface area contributed by atoms with Gasteiger partial charge in [-0.25, -0.2) is 5.43 Å². The van der Waals surface area contributed by atoms with E-state index in [0.717, 1.165) is 4.48 Å². The fourth-order valence-electron chi connectivity index (χ4n) is 0.403. The molecule has 0 aliphatic heterocycles. The molecule has 0 fully saturated rings. The van der Waals surface area contributed by atoms with Crippen molar-refractivity contribution >= 4 is 0 Å². The second-order valence-electron chi connectivity index (χ2n) is 3.19. The van der Waals surface area contributed by atoms with Crippen molar-refractivity contribution in [2.24, 2.45) is 0 Å². The molecule has 2 N–H and O–H groups in total. The molecule has 0 heterocycles. The van der Waals surface area contributed by atoms with E-state index in [4.69, 9.17) is 0 Å². The molecule has 3 nitrogen and oxygen atoms in total. The van der Waals surface area contributed by atoms with E-state index in [1.165, 1.54) is 0 Å². The number of nitrogens with zero attached hydrogens (tertiary/aromatic N) is 1. The molecule has 0 aliphatic carbocycles. The highest BCUT2D eigenvalue weighted by molar-refractivity contribution is 4.37.